The highest BCUT2D eigenvalue weighted by atomic mass is 32.1. The third-order valence-electron chi connectivity index (χ3n) is 4.08. The number of hydrogen-bond donors (Lipinski definition) is 3. The van der Waals surface area contributed by atoms with E-state index in [4.69, 9.17) is 21.7 Å². The lowest BCUT2D eigenvalue weighted by Gasteiger charge is -2.14. The Bertz CT molecular complexity index is 886. The van der Waals surface area contributed by atoms with Gasteiger partial charge in [0.05, 0.1) is 12.2 Å². The van der Waals surface area contributed by atoms with Gasteiger partial charge < -0.3 is 9.47 Å². The minimum absolute atomic E-state index is 0.0405. The molecule has 0 saturated heterocycles. The van der Waals surface area contributed by atoms with Crippen LogP contribution in [0, 0.1) is 12.8 Å². The van der Waals surface area contributed by atoms with Gasteiger partial charge in [0.2, 0.25) is 0 Å². The van der Waals surface area contributed by atoms with Crippen molar-refractivity contribution in [2.75, 3.05) is 13.2 Å². The van der Waals surface area contributed by atoms with Gasteiger partial charge in [-0.25, -0.2) is 0 Å². The Morgan fingerprint density at radius 3 is 2.33 bits per heavy atom. The molecular weight excluding hydrogens is 402 g/mol. The van der Waals surface area contributed by atoms with Gasteiger partial charge >= 0.3 is 0 Å². The zero-order chi connectivity index (χ0) is 21.9. The van der Waals surface area contributed by atoms with Crippen molar-refractivity contribution >= 4 is 29.1 Å². The molecule has 0 saturated carbocycles. The smallest absolute Gasteiger partial charge is 0.276 e. The Morgan fingerprint density at radius 2 is 1.63 bits per heavy atom. The number of hydrogen-bond acceptors (Lipinski definition) is 5. The first-order chi connectivity index (χ1) is 14.4. The summed E-state index contributed by atoms with van der Waals surface area (Å²) in [6, 6.07) is 14.3. The predicted molar refractivity (Wildman–Crippen MR) is 119 cm³/mol. The summed E-state index contributed by atoms with van der Waals surface area (Å²) in [6.45, 7) is 6.42. The second kappa shape index (κ2) is 11.8. The number of nitrogens with one attached hydrogen (secondary N) is 3. The van der Waals surface area contributed by atoms with E-state index in [1.807, 2.05) is 25.1 Å². The van der Waals surface area contributed by atoms with Crippen molar-refractivity contribution in [2.45, 2.75) is 27.2 Å². The van der Waals surface area contributed by atoms with Crippen molar-refractivity contribution in [1.29, 1.82) is 0 Å². The van der Waals surface area contributed by atoms with Crippen molar-refractivity contribution in [3.05, 3.63) is 59.7 Å². The van der Waals surface area contributed by atoms with Crippen molar-refractivity contribution < 1.29 is 19.1 Å². The zero-order valence-electron chi connectivity index (χ0n) is 17.4. The molecule has 2 amide bonds. The van der Waals surface area contributed by atoms with Crippen LogP contribution < -0.4 is 25.6 Å². The number of benzene rings is 2. The SMILES string of the molecule is Cc1ccccc1OCC(=O)NNC(=S)NC(=O)c1ccccc1OCCC(C)C. The summed E-state index contributed by atoms with van der Waals surface area (Å²) in [7, 11) is 0. The molecule has 2 aromatic carbocycles. The molecule has 160 valence electrons. The molecule has 0 spiro atoms. The van der Waals surface area contributed by atoms with Crippen LogP contribution in [0.5, 0.6) is 11.5 Å². The molecular formula is C22H27N3O4S. The molecule has 7 nitrogen and oxygen atoms in total. The molecule has 0 aliphatic rings. The fourth-order valence-electron chi connectivity index (χ4n) is 2.41. The molecule has 0 aromatic heterocycles. The summed E-state index contributed by atoms with van der Waals surface area (Å²) in [5, 5.41) is 2.48. The largest absolute Gasteiger partial charge is 0.493 e. The van der Waals surface area contributed by atoms with E-state index in [2.05, 4.69) is 30.0 Å². The Labute approximate surface area is 182 Å². The number of thiocarbonyl (C=S) groups is 1. The molecule has 30 heavy (non-hydrogen) atoms. The van der Waals surface area contributed by atoms with E-state index in [9.17, 15) is 9.59 Å². The van der Waals surface area contributed by atoms with E-state index in [-0.39, 0.29) is 11.7 Å². The van der Waals surface area contributed by atoms with Crippen LogP contribution in [-0.2, 0) is 4.79 Å². The molecule has 0 aliphatic heterocycles. The molecule has 0 atom stereocenters. The first kappa shape index (κ1) is 23.2. The van der Waals surface area contributed by atoms with E-state index >= 15 is 0 Å². The quantitative estimate of drug-likeness (QED) is 0.441. The highest BCUT2D eigenvalue weighted by Crippen LogP contribution is 2.18. The lowest BCUT2D eigenvalue weighted by Crippen LogP contribution is -2.49. The molecule has 0 radical (unpaired) electrons. The Kier molecular flexibility index (Phi) is 9.08. The summed E-state index contributed by atoms with van der Waals surface area (Å²) in [5.74, 6) is 0.734. The van der Waals surface area contributed by atoms with Crippen molar-refractivity contribution in [2.24, 2.45) is 5.92 Å². The van der Waals surface area contributed by atoms with E-state index < -0.39 is 11.8 Å². The van der Waals surface area contributed by atoms with Gasteiger partial charge in [-0.2, -0.15) is 0 Å². The van der Waals surface area contributed by atoms with E-state index in [1.165, 1.54) is 0 Å². The van der Waals surface area contributed by atoms with Crippen LogP contribution in [0.3, 0.4) is 0 Å². The number of carbonyl (C=O) groups is 2. The average Bonchev–Trinajstić information content (AvgIpc) is 2.71. The van der Waals surface area contributed by atoms with Crippen molar-refractivity contribution in [3.63, 3.8) is 0 Å². The maximum Gasteiger partial charge on any atom is 0.276 e. The van der Waals surface area contributed by atoms with Crippen LogP contribution in [0.15, 0.2) is 48.5 Å². The summed E-state index contributed by atoms with van der Waals surface area (Å²) in [4.78, 5) is 24.4. The maximum absolute atomic E-state index is 12.5. The summed E-state index contributed by atoms with van der Waals surface area (Å²) >= 11 is 5.07. The van der Waals surface area contributed by atoms with Crippen LogP contribution >= 0.6 is 12.2 Å². The minimum atomic E-state index is -0.438. The van der Waals surface area contributed by atoms with Gasteiger partial charge in [-0.05, 0) is 55.2 Å². The Morgan fingerprint density at radius 1 is 0.967 bits per heavy atom. The fraction of sp³-hybridized carbons (Fsp3) is 0.318. The molecule has 0 unspecified atom stereocenters. The second-order valence-corrected chi connectivity index (χ2v) is 7.45. The minimum Gasteiger partial charge on any atom is -0.493 e. The van der Waals surface area contributed by atoms with E-state index in [0.717, 1.165) is 12.0 Å². The third-order valence-corrected chi connectivity index (χ3v) is 4.28. The number of para-hydroxylation sites is 2. The van der Waals surface area contributed by atoms with Crippen LogP contribution in [0.2, 0.25) is 0 Å². The topological polar surface area (TPSA) is 88.7 Å². The molecule has 2 rings (SSSR count). The van der Waals surface area contributed by atoms with Gasteiger partial charge in [0, 0.05) is 0 Å². The predicted octanol–water partition coefficient (Wildman–Crippen LogP) is 3.13. The fourth-order valence-corrected chi connectivity index (χ4v) is 2.55. The maximum atomic E-state index is 12.5. The van der Waals surface area contributed by atoms with Crippen LogP contribution in [0.4, 0.5) is 0 Å². The van der Waals surface area contributed by atoms with Gasteiger partial charge in [0.25, 0.3) is 11.8 Å². The lowest BCUT2D eigenvalue weighted by atomic mass is 10.1. The van der Waals surface area contributed by atoms with Gasteiger partial charge in [-0.1, -0.05) is 44.2 Å². The molecule has 0 heterocycles. The highest BCUT2D eigenvalue weighted by Gasteiger charge is 2.14. The van der Waals surface area contributed by atoms with Gasteiger partial charge in [-0.3, -0.25) is 25.8 Å². The molecule has 0 bridgehead atoms. The first-order valence-electron chi connectivity index (χ1n) is 9.67. The highest BCUT2D eigenvalue weighted by molar-refractivity contribution is 7.80. The number of hydrazine groups is 1. The first-order valence-corrected chi connectivity index (χ1v) is 10.1. The molecule has 3 N–H and O–H groups in total. The van der Waals surface area contributed by atoms with Crippen molar-refractivity contribution in [1.82, 2.24) is 16.2 Å². The van der Waals surface area contributed by atoms with E-state index in [1.54, 1.807) is 30.3 Å². The number of aryl methyl sites for hydroxylation is 1. The van der Waals surface area contributed by atoms with Crippen LogP contribution in [0.25, 0.3) is 0 Å². The lowest BCUT2D eigenvalue weighted by molar-refractivity contribution is -0.123. The number of ether oxygens (including phenoxy) is 2. The summed E-state index contributed by atoms with van der Waals surface area (Å²) in [6.07, 6.45) is 0.881. The van der Waals surface area contributed by atoms with Gasteiger partial charge in [-0.15, -0.1) is 0 Å². The molecule has 8 heteroatoms. The zero-order valence-corrected chi connectivity index (χ0v) is 18.2. The molecule has 0 fully saturated rings. The molecule has 2 aromatic rings. The standard InChI is InChI=1S/C22H27N3O4S/c1-15(2)12-13-28-19-11-7-5-9-17(19)21(27)23-22(30)25-24-20(26)14-29-18-10-6-4-8-16(18)3/h4-11,15H,12-14H2,1-3H3,(H,24,26)(H2,23,25,27,30). The average molecular weight is 430 g/mol. The second-order valence-electron chi connectivity index (χ2n) is 7.04. The number of rotatable bonds is 8. The normalized spacial score (nSPS) is 10.3. The van der Waals surface area contributed by atoms with Crippen LogP contribution in [0.1, 0.15) is 36.2 Å². The van der Waals surface area contributed by atoms with E-state index in [0.29, 0.717) is 29.6 Å². The summed E-state index contributed by atoms with van der Waals surface area (Å²) < 4.78 is 11.2. The number of amides is 2. The molecule has 0 aliphatic carbocycles. The van der Waals surface area contributed by atoms with Gasteiger partial charge in [0.1, 0.15) is 11.5 Å². The van der Waals surface area contributed by atoms with Crippen molar-refractivity contribution in [3.8, 4) is 11.5 Å². The number of carbonyl (C=O) groups excluding carboxylic acids is 2. The third kappa shape index (κ3) is 7.71. The summed E-state index contributed by atoms with van der Waals surface area (Å²) in [5.41, 5.74) is 6.17. The monoisotopic (exact) mass is 429 g/mol. The Hall–Kier alpha value is -3.13. The Balaban J connectivity index is 1.80. The van der Waals surface area contributed by atoms with Gasteiger partial charge in [0.15, 0.2) is 11.7 Å². The van der Waals surface area contributed by atoms with Crippen LogP contribution in [-0.4, -0.2) is 30.1 Å².